The zero-order valence-electron chi connectivity index (χ0n) is 16.4. The molecule has 29 heavy (non-hydrogen) atoms. The van der Waals surface area contributed by atoms with Crippen LogP contribution in [0, 0.1) is 13.8 Å². The summed E-state index contributed by atoms with van der Waals surface area (Å²) in [6.07, 6.45) is 1.80. The fourth-order valence-electron chi connectivity index (χ4n) is 2.71. The molecule has 1 heterocycles. The first kappa shape index (κ1) is 21.1. The monoisotopic (exact) mass is 427 g/mol. The van der Waals surface area contributed by atoms with Crippen LogP contribution in [0.25, 0.3) is 6.08 Å². The van der Waals surface area contributed by atoms with Gasteiger partial charge in [0.1, 0.15) is 5.75 Å². The Morgan fingerprint density at radius 3 is 2.52 bits per heavy atom. The normalized spacial score (nSPS) is 15.1. The molecule has 0 saturated carbocycles. The van der Waals surface area contributed by atoms with Gasteiger partial charge in [-0.3, -0.25) is 9.69 Å². The van der Waals surface area contributed by atoms with Crippen molar-refractivity contribution in [2.24, 2.45) is 0 Å². The molecule has 2 aromatic carbocycles. The van der Waals surface area contributed by atoms with Crippen molar-refractivity contribution < 1.29 is 19.1 Å². The largest absolute Gasteiger partial charge is 0.482 e. The van der Waals surface area contributed by atoms with E-state index >= 15 is 0 Å². The molecule has 2 aromatic rings. The standard InChI is InChI=1S/C22H21NO4S2/c1-4-26-20(24)13-27-18-9-6-16(7-10-18)12-19-21(25)23(22(28)29-19)17-8-5-14(2)15(3)11-17/h5-12H,4,13H2,1-3H3/b19-12-. The number of rotatable bonds is 6. The Hall–Kier alpha value is -2.64. The Bertz CT molecular complexity index is 983. The lowest BCUT2D eigenvalue weighted by Crippen LogP contribution is -2.27. The third-order valence-corrected chi connectivity index (χ3v) is 5.68. The molecule has 1 amide bonds. The van der Waals surface area contributed by atoms with Crippen molar-refractivity contribution in [3.63, 3.8) is 0 Å². The van der Waals surface area contributed by atoms with Gasteiger partial charge in [0.05, 0.1) is 17.2 Å². The number of aryl methyl sites for hydroxylation is 2. The first-order chi connectivity index (χ1) is 13.9. The van der Waals surface area contributed by atoms with Crippen molar-refractivity contribution in [1.82, 2.24) is 0 Å². The van der Waals surface area contributed by atoms with E-state index in [1.54, 1.807) is 30.0 Å². The fourth-order valence-corrected chi connectivity index (χ4v) is 4.01. The highest BCUT2D eigenvalue weighted by Gasteiger charge is 2.33. The van der Waals surface area contributed by atoms with Crippen LogP contribution in [0.3, 0.4) is 0 Å². The molecule has 150 valence electrons. The van der Waals surface area contributed by atoms with E-state index in [1.165, 1.54) is 17.3 Å². The second-order valence-corrected chi connectivity index (χ2v) is 8.12. The third-order valence-electron chi connectivity index (χ3n) is 4.38. The number of hydrogen-bond acceptors (Lipinski definition) is 6. The van der Waals surface area contributed by atoms with Crippen LogP contribution in [-0.4, -0.2) is 29.4 Å². The molecule has 0 aromatic heterocycles. The van der Waals surface area contributed by atoms with Crippen molar-refractivity contribution in [2.75, 3.05) is 18.1 Å². The average molecular weight is 428 g/mol. The first-order valence-corrected chi connectivity index (χ1v) is 10.3. The molecule has 3 rings (SSSR count). The minimum atomic E-state index is -0.411. The van der Waals surface area contributed by atoms with E-state index in [2.05, 4.69) is 0 Å². The minimum Gasteiger partial charge on any atom is -0.482 e. The van der Waals surface area contributed by atoms with Crippen LogP contribution in [0.1, 0.15) is 23.6 Å². The molecule has 0 N–H and O–H groups in total. The minimum absolute atomic E-state index is 0.133. The molecule has 7 heteroatoms. The zero-order chi connectivity index (χ0) is 21.0. The summed E-state index contributed by atoms with van der Waals surface area (Å²) in [4.78, 5) is 26.4. The van der Waals surface area contributed by atoms with Crippen molar-refractivity contribution in [3.8, 4) is 5.75 Å². The van der Waals surface area contributed by atoms with Gasteiger partial charge in [-0.1, -0.05) is 42.2 Å². The summed E-state index contributed by atoms with van der Waals surface area (Å²) in [5.74, 6) is 0.00960. The summed E-state index contributed by atoms with van der Waals surface area (Å²) in [7, 11) is 0. The summed E-state index contributed by atoms with van der Waals surface area (Å²) in [5, 5.41) is 0. The first-order valence-electron chi connectivity index (χ1n) is 9.12. The fraction of sp³-hybridized carbons (Fsp3) is 0.227. The molecule has 1 saturated heterocycles. The molecular weight excluding hydrogens is 406 g/mol. The number of carbonyl (C=O) groups excluding carboxylic acids is 2. The number of ether oxygens (including phenoxy) is 2. The number of hydrogen-bond donors (Lipinski definition) is 0. The van der Waals surface area contributed by atoms with Gasteiger partial charge in [0.2, 0.25) is 0 Å². The Labute approximate surface area is 179 Å². The van der Waals surface area contributed by atoms with Gasteiger partial charge >= 0.3 is 5.97 Å². The molecule has 1 aliphatic heterocycles. The lowest BCUT2D eigenvalue weighted by molar-refractivity contribution is -0.145. The number of amides is 1. The van der Waals surface area contributed by atoms with E-state index in [9.17, 15) is 9.59 Å². The Morgan fingerprint density at radius 1 is 1.14 bits per heavy atom. The van der Waals surface area contributed by atoms with E-state index < -0.39 is 5.97 Å². The maximum atomic E-state index is 12.9. The lowest BCUT2D eigenvalue weighted by Gasteiger charge is -2.15. The number of thiocarbonyl (C=S) groups is 1. The smallest absolute Gasteiger partial charge is 0.344 e. The van der Waals surface area contributed by atoms with Crippen LogP contribution in [0.5, 0.6) is 5.75 Å². The van der Waals surface area contributed by atoms with Crippen LogP contribution in [-0.2, 0) is 14.3 Å². The summed E-state index contributed by atoms with van der Waals surface area (Å²) >= 11 is 6.72. The number of thioether (sulfide) groups is 1. The van der Waals surface area contributed by atoms with Crippen molar-refractivity contribution >= 4 is 51.9 Å². The summed E-state index contributed by atoms with van der Waals surface area (Å²) in [6.45, 7) is 5.97. The van der Waals surface area contributed by atoms with E-state index in [4.69, 9.17) is 21.7 Å². The number of benzene rings is 2. The summed E-state index contributed by atoms with van der Waals surface area (Å²) < 4.78 is 10.7. The van der Waals surface area contributed by atoms with Gasteiger partial charge in [0.25, 0.3) is 5.91 Å². The Kier molecular flexibility index (Phi) is 6.71. The molecule has 0 spiro atoms. The number of carbonyl (C=O) groups is 2. The van der Waals surface area contributed by atoms with Gasteiger partial charge < -0.3 is 9.47 Å². The molecular formula is C22H21NO4S2. The van der Waals surface area contributed by atoms with Gasteiger partial charge in [-0.15, -0.1) is 0 Å². The van der Waals surface area contributed by atoms with Gasteiger partial charge in [-0.2, -0.15) is 0 Å². The number of nitrogens with zero attached hydrogens (tertiary/aromatic N) is 1. The molecule has 0 atom stereocenters. The van der Waals surface area contributed by atoms with E-state index in [0.717, 1.165) is 16.8 Å². The topological polar surface area (TPSA) is 55.8 Å². The van der Waals surface area contributed by atoms with Gasteiger partial charge in [0, 0.05) is 0 Å². The molecule has 0 bridgehead atoms. The molecule has 1 fully saturated rings. The Balaban J connectivity index is 1.72. The quantitative estimate of drug-likeness (QED) is 0.380. The van der Waals surface area contributed by atoms with Crippen LogP contribution >= 0.6 is 24.0 Å². The number of anilines is 1. The van der Waals surface area contributed by atoms with Gasteiger partial charge in [-0.25, -0.2) is 4.79 Å². The maximum Gasteiger partial charge on any atom is 0.344 e. The highest BCUT2D eigenvalue weighted by Crippen LogP contribution is 2.36. The molecule has 0 aliphatic carbocycles. The lowest BCUT2D eigenvalue weighted by atomic mass is 10.1. The molecule has 0 radical (unpaired) electrons. The Morgan fingerprint density at radius 2 is 1.86 bits per heavy atom. The second-order valence-electron chi connectivity index (χ2n) is 6.45. The van der Waals surface area contributed by atoms with E-state index in [1.807, 2.05) is 44.2 Å². The highest BCUT2D eigenvalue weighted by molar-refractivity contribution is 8.27. The van der Waals surface area contributed by atoms with Crippen LogP contribution in [0.4, 0.5) is 5.69 Å². The predicted molar refractivity (Wildman–Crippen MR) is 120 cm³/mol. The zero-order valence-corrected chi connectivity index (χ0v) is 18.1. The van der Waals surface area contributed by atoms with Crippen molar-refractivity contribution in [2.45, 2.75) is 20.8 Å². The van der Waals surface area contributed by atoms with Gasteiger partial charge in [0.15, 0.2) is 10.9 Å². The molecule has 1 aliphatic rings. The predicted octanol–water partition coefficient (Wildman–Crippen LogP) is 4.65. The third kappa shape index (κ3) is 5.05. The highest BCUT2D eigenvalue weighted by atomic mass is 32.2. The van der Waals surface area contributed by atoms with Gasteiger partial charge in [-0.05, 0) is 67.8 Å². The maximum absolute atomic E-state index is 12.9. The number of esters is 1. The molecule has 5 nitrogen and oxygen atoms in total. The summed E-state index contributed by atoms with van der Waals surface area (Å²) in [5.41, 5.74) is 3.90. The van der Waals surface area contributed by atoms with Crippen molar-refractivity contribution in [3.05, 3.63) is 64.1 Å². The van der Waals surface area contributed by atoms with Crippen molar-refractivity contribution in [1.29, 1.82) is 0 Å². The SMILES string of the molecule is CCOC(=O)COc1ccc(/C=C2\SC(=S)N(c3ccc(C)c(C)c3)C2=O)cc1. The van der Waals surface area contributed by atoms with E-state index in [0.29, 0.717) is 21.6 Å². The average Bonchev–Trinajstić information content (AvgIpc) is 2.97. The van der Waals surface area contributed by atoms with Crippen LogP contribution in [0.15, 0.2) is 47.4 Å². The summed E-state index contributed by atoms with van der Waals surface area (Å²) in [6, 6.07) is 13.0. The molecule has 0 unspecified atom stereocenters. The van der Waals surface area contributed by atoms with Crippen LogP contribution in [0.2, 0.25) is 0 Å². The van der Waals surface area contributed by atoms with E-state index in [-0.39, 0.29) is 12.5 Å². The second kappa shape index (κ2) is 9.24. The van der Waals surface area contributed by atoms with Crippen LogP contribution < -0.4 is 9.64 Å².